The third-order valence-corrected chi connectivity index (χ3v) is 9.12. The van der Waals surface area contributed by atoms with Crippen LogP contribution in [0.5, 0.6) is 5.75 Å². The Labute approximate surface area is 202 Å². The number of aromatic nitrogens is 2. The van der Waals surface area contributed by atoms with E-state index >= 15 is 0 Å². The molecule has 6 rings (SSSR count). The molecule has 0 saturated carbocycles. The Morgan fingerprint density at radius 3 is 2.53 bits per heavy atom. The summed E-state index contributed by atoms with van der Waals surface area (Å²) in [4.78, 5) is 21.1. The van der Waals surface area contributed by atoms with E-state index in [-0.39, 0.29) is 17.6 Å². The van der Waals surface area contributed by atoms with Crippen LogP contribution in [-0.4, -0.2) is 58.0 Å². The second-order valence-electron chi connectivity index (χ2n) is 9.93. The van der Waals surface area contributed by atoms with Crippen LogP contribution in [0.25, 0.3) is 15.9 Å². The summed E-state index contributed by atoms with van der Waals surface area (Å²) in [5, 5.41) is 10.8. The Morgan fingerprint density at radius 2 is 1.82 bits per heavy atom. The fraction of sp³-hybridized carbons (Fsp3) is 0.538. The van der Waals surface area contributed by atoms with Crippen LogP contribution in [0.2, 0.25) is 0 Å². The van der Waals surface area contributed by atoms with E-state index in [2.05, 4.69) is 16.9 Å². The van der Waals surface area contributed by atoms with Gasteiger partial charge in [-0.05, 0) is 81.8 Å². The molecule has 0 amide bonds. The van der Waals surface area contributed by atoms with E-state index < -0.39 is 6.10 Å². The molecule has 1 N–H and O–H groups in total. The van der Waals surface area contributed by atoms with Crippen LogP contribution in [0.3, 0.4) is 0 Å². The van der Waals surface area contributed by atoms with Gasteiger partial charge in [-0.1, -0.05) is 0 Å². The molecule has 3 aromatic rings. The minimum atomic E-state index is -0.581. The minimum Gasteiger partial charge on any atom is -0.490 e. The molecule has 8 heteroatoms. The van der Waals surface area contributed by atoms with Gasteiger partial charge >= 0.3 is 0 Å². The lowest BCUT2D eigenvalue weighted by Crippen LogP contribution is -2.43. The van der Waals surface area contributed by atoms with Crippen molar-refractivity contribution in [2.45, 2.75) is 62.8 Å². The highest BCUT2D eigenvalue weighted by molar-refractivity contribution is 7.19. The standard InChI is InChI=1S/C26H31N3O4S/c1-28-18-2-3-19(28)13-21(12-18)33-20-6-4-17(5-7-20)29-15-27-22-14-23(34-25(22)26(29)31)24(30)16-8-10-32-11-9-16/h4-7,14-16,18-19,21,24,30H,2-3,8-13H2,1H3/t18-,19+,21?,24?. The van der Waals surface area contributed by atoms with E-state index in [0.717, 1.165) is 42.0 Å². The van der Waals surface area contributed by atoms with Crippen LogP contribution in [0.1, 0.15) is 49.5 Å². The van der Waals surface area contributed by atoms with Gasteiger partial charge in [-0.15, -0.1) is 11.3 Å². The zero-order valence-electron chi connectivity index (χ0n) is 19.4. The van der Waals surface area contributed by atoms with Crippen molar-refractivity contribution >= 4 is 21.6 Å². The Balaban J connectivity index is 1.20. The predicted octanol–water partition coefficient (Wildman–Crippen LogP) is 3.91. The van der Waals surface area contributed by atoms with Gasteiger partial charge in [-0.3, -0.25) is 9.36 Å². The number of ether oxygens (including phenoxy) is 2. The summed E-state index contributed by atoms with van der Waals surface area (Å²) in [6, 6.07) is 10.9. The van der Waals surface area contributed by atoms with Crippen molar-refractivity contribution in [2.24, 2.45) is 5.92 Å². The van der Waals surface area contributed by atoms with Crippen LogP contribution in [0.4, 0.5) is 0 Å². The van der Waals surface area contributed by atoms with E-state index in [1.54, 1.807) is 10.9 Å². The maximum Gasteiger partial charge on any atom is 0.275 e. The van der Waals surface area contributed by atoms with Crippen molar-refractivity contribution in [3.05, 3.63) is 51.9 Å². The molecule has 0 spiro atoms. The van der Waals surface area contributed by atoms with Crippen LogP contribution >= 0.6 is 11.3 Å². The smallest absolute Gasteiger partial charge is 0.275 e. The molecule has 2 bridgehead atoms. The van der Waals surface area contributed by atoms with E-state index in [4.69, 9.17) is 9.47 Å². The van der Waals surface area contributed by atoms with Gasteiger partial charge in [0.2, 0.25) is 0 Å². The molecule has 3 fully saturated rings. The number of piperidine rings is 1. The molecule has 0 radical (unpaired) electrons. The number of hydrogen-bond acceptors (Lipinski definition) is 7. The number of rotatable bonds is 5. The zero-order valence-corrected chi connectivity index (χ0v) is 20.2. The van der Waals surface area contributed by atoms with Gasteiger partial charge in [0.15, 0.2) is 0 Å². The Hall–Kier alpha value is -2.26. The van der Waals surface area contributed by atoms with Gasteiger partial charge in [0.1, 0.15) is 22.9 Å². The number of nitrogens with zero attached hydrogens (tertiary/aromatic N) is 3. The summed E-state index contributed by atoms with van der Waals surface area (Å²) >= 11 is 1.35. The average Bonchev–Trinajstić information content (AvgIpc) is 3.37. The molecule has 1 aromatic carbocycles. The van der Waals surface area contributed by atoms with Crippen molar-refractivity contribution in [1.82, 2.24) is 14.5 Å². The van der Waals surface area contributed by atoms with Gasteiger partial charge in [-0.25, -0.2) is 4.98 Å². The number of hydrogen-bond donors (Lipinski definition) is 1. The number of thiophene rings is 1. The fourth-order valence-corrected chi connectivity index (χ4v) is 6.98. The Morgan fingerprint density at radius 1 is 1.12 bits per heavy atom. The lowest BCUT2D eigenvalue weighted by molar-refractivity contribution is 0.00856. The Kier molecular flexibility index (Phi) is 5.93. The summed E-state index contributed by atoms with van der Waals surface area (Å²) in [6.07, 6.45) is 7.62. The van der Waals surface area contributed by atoms with Gasteiger partial charge in [-0.2, -0.15) is 0 Å². The molecule has 7 nitrogen and oxygen atoms in total. The second kappa shape index (κ2) is 9.07. The van der Waals surface area contributed by atoms with Gasteiger partial charge in [0, 0.05) is 30.2 Å². The molecule has 2 aromatic heterocycles. The van der Waals surface area contributed by atoms with Crippen LogP contribution in [0.15, 0.2) is 41.5 Å². The molecule has 3 saturated heterocycles. The molecule has 34 heavy (non-hydrogen) atoms. The lowest BCUT2D eigenvalue weighted by atomic mass is 9.93. The van der Waals surface area contributed by atoms with Gasteiger partial charge in [0.05, 0.1) is 17.3 Å². The molecule has 0 aliphatic carbocycles. The summed E-state index contributed by atoms with van der Waals surface area (Å²) in [7, 11) is 2.23. The van der Waals surface area contributed by atoms with E-state index in [1.807, 2.05) is 30.3 Å². The molecular weight excluding hydrogens is 450 g/mol. The predicted molar refractivity (Wildman–Crippen MR) is 132 cm³/mol. The van der Waals surface area contributed by atoms with E-state index in [0.29, 0.717) is 35.5 Å². The maximum absolute atomic E-state index is 13.2. The molecule has 5 heterocycles. The zero-order chi connectivity index (χ0) is 23.2. The SMILES string of the molecule is CN1[C@@H]2CC[C@H]1CC(Oc1ccc(-n3cnc4cc(C(O)C5CCOCC5)sc4c3=O)cc1)C2. The third-order valence-electron chi connectivity index (χ3n) is 7.93. The first-order valence-electron chi connectivity index (χ1n) is 12.3. The monoisotopic (exact) mass is 481 g/mol. The lowest BCUT2D eigenvalue weighted by Gasteiger charge is -2.36. The first-order valence-corrected chi connectivity index (χ1v) is 13.1. The summed E-state index contributed by atoms with van der Waals surface area (Å²) < 4.78 is 13.9. The first-order chi connectivity index (χ1) is 16.6. The van der Waals surface area contributed by atoms with Gasteiger partial charge in [0.25, 0.3) is 5.56 Å². The minimum absolute atomic E-state index is 0.110. The second-order valence-corrected chi connectivity index (χ2v) is 11.0. The van der Waals surface area contributed by atoms with Crippen molar-refractivity contribution in [1.29, 1.82) is 0 Å². The normalized spacial score (nSPS) is 26.7. The largest absolute Gasteiger partial charge is 0.490 e. The van der Waals surface area contributed by atoms with E-state index in [9.17, 15) is 9.90 Å². The molecular formula is C26H31N3O4S. The fourth-order valence-electron chi connectivity index (χ4n) is 5.86. The van der Waals surface area contributed by atoms with Crippen LogP contribution in [0, 0.1) is 5.92 Å². The van der Waals surface area contributed by atoms with Crippen molar-refractivity contribution in [3.8, 4) is 11.4 Å². The maximum atomic E-state index is 13.2. The third kappa shape index (κ3) is 4.06. The number of aliphatic hydroxyl groups is 1. The average molecular weight is 482 g/mol. The molecule has 4 atom stereocenters. The highest BCUT2D eigenvalue weighted by Gasteiger charge is 2.39. The van der Waals surface area contributed by atoms with Gasteiger partial charge < -0.3 is 19.5 Å². The highest BCUT2D eigenvalue weighted by atomic mass is 32.1. The topological polar surface area (TPSA) is 76.8 Å². The number of aliphatic hydroxyl groups excluding tert-OH is 1. The molecule has 180 valence electrons. The first kappa shape index (κ1) is 22.2. The molecule has 3 aliphatic heterocycles. The molecule has 3 aliphatic rings. The van der Waals surface area contributed by atoms with Crippen molar-refractivity contribution < 1.29 is 14.6 Å². The summed E-state index contributed by atoms with van der Waals surface area (Å²) in [5.74, 6) is 1.01. The highest BCUT2D eigenvalue weighted by Crippen LogP contribution is 2.37. The quantitative estimate of drug-likeness (QED) is 0.596. The van der Waals surface area contributed by atoms with Crippen molar-refractivity contribution in [3.63, 3.8) is 0 Å². The Bertz CT molecular complexity index is 1200. The number of benzene rings is 1. The van der Waals surface area contributed by atoms with E-state index in [1.165, 1.54) is 24.2 Å². The summed E-state index contributed by atoms with van der Waals surface area (Å²) in [6.45, 7) is 1.35. The molecule has 2 unspecified atom stereocenters. The van der Waals surface area contributed by atoms with Crippen LogP contribution in [-0.2, 0) is 4.74 Å². The number of fused-ring (bicyclic) bond motifs is 3. The van der Waals surface area contributed by atoms with Crippen LogP contribution < -0.4 is 10.3 Å². The summed E-state index contributed by atoms with van der Waals surface area (Å²) in [5.41, 5.74) is 1.29. The van der Waals surface area contributed by atoms with Crippen molar-refractivity contribution in [2.75, 3.05) is 20.3 Å².